The third-order valence-corrected chi connectivity index (χ3v) is 7.95. The van der Waals surface area contributed by atoms with Crippen molar-refractivity contribution in [3.8, 4) is 11.5 Å². The van der Waals surface area contributed by atoms with Crippen molar-refractivity contribution in [1.29, 1.82) is 0 Å². The van der Waals surface area contributed by atoms with Crippen molar-refractivity contribution in [2.45, 2.75) is 105 Å². The number of hydrogen-bond donors (Lipinski definition) is 2. The van der Waals surface area contributed by atoms with Gasteiger partial charge in [0.2, 0.25) is 0 Å². The van der Waals surface area contributed by atoms with E-state index >= 15 is 0 Å². The fraction of sp³-hybridized carbons (Fsp3) is 0.571. The first-order valence-corrected chi connectivity index (χ1v) is 12.9. The molecule has 2 N–H and O–H groups in total. The molecule has 0 fully saturated rings. The van der Waals surface area contributed by atoms with Gasteiger partial charge in [-0.15, -0.1) is 0 Å². The summed E-state index contributed by atoms with van der Waals surface area (Å²) in [6.07, 6.45) is 0. The van der Waals surface area contributed by atoms with Crippen LogP contribution in [-0.4, -0.2) is 25.2 Å². The van der Waals surface area contributed by atoms with Crippen molar-refractivity contribution in [1.82, 2.24) is 0 Å². The van der Waals surface area contributed by atoms with Crippen LogP contribution in [0.25, 0.3) is 0 Å². The van der Waals surface area contributed by atoms with E-state index < -0.39 is 0 Å². The van der Waals surface area contributed by atoms with Crippen LogP contribution in [0.2, 0.25) is 0 Å². The van der Waals surface area contributed by atoms with E-state index in [1.54, 1.807) is 0 Å². The third-order valence-electron chi connectivity index (χ3n) is 5.72. The van der Waals surface area contributed by atoms with E-state index in [0.29, 0.717) is 11.5 Å². The molecule has 0 unspecified atom stereocenters. The molecule has 3 heteroatoms. The number of phenolic OH excluding ortho intramolecular Hbond substituents is 2. The predicted octanol–water partition coefficient (Wildman–Crippen LogP) is 5.94. The Kier molecular flexibility index (Phi) is 6.80. The second-order valence-electron chi connectivity index (χ2n) is 12.8. The van der Waals surface area contributed by atoms with Crippen LogP contribution >= 0.6 is 0 Å². The van der Waals surface area contributed by atoms with E-state index in [0.717, 1.165) is 20.1 Å². The van der Waals surface area contributed by atoms with Crippen molar-refractivity contribution < 1.29 is 10.2 Å². The number of rotatable bonds is 2. The van der Waals surface area contributed by atoms with Crippen LogP contribution in [0.4, 0.5) is 0 Å². The van der Waals surface area contributed by atoms with Gasteiger partial charge in [0.1, 0.15) is 0 Å². The van der Waals surface area contributed by atoms with Crippen LogP contribution < -0.4 is 8.92 Å². The van der Waals surface area contributed by atoms with Gasteiger partial charge in [-0.3, -0.25) is 0 Å². The Bertz CT molecular complexity index is 879. The number of hydrogen-bond acceptors (Lipinski definition) is 2. The van der Waals surface area contributed by atoms with E-state index in [-0.39, 0.29) is 36.6 Å². The zero-order chi connectivity index (χ0) is 24.2. The molecule has 0 amide bonds. The van der Waals surface area contributed by atoms with Crippen LogP contribution in [0.3, 0.4) is 0 Å². The Morgan fingerprint density at radius 2 is 0.774 bits per heavy atom. The number of aromatic hydroxyl groups is 2. The Morgan fingerprint density at radius 3 is 1.00 bits per heavy atom. The van der Waals surface area contributed by atoms with Crippen LogP contribution in [0.5, 0.6) is 11.5 Å². The first kappa shape index (κ1) is 25.8. The molecule has 0 bridgehead atoms. The van der Waals surface area contributed by atoms with Gasteiger partial charge in [0.25, 0.3) is 0 Å². The molecule has 0 atom stereocenters. The molecule has 2 aromatic carbocycles. The Balaban J connectivity index is 2.78. The first-order chi connectivity index (χ1) is 13.7. The summed E-state index contributed by atoms with van der Waals surface area (Å²) in [5.74, 6) is 0.747. The van der Waals surface area contributed by atoms with Crippen LogP contribution in [0.15, 0.2) is 24.3 Å². The van der Waals surface area contributed by atoms with Gasteiger partial charge in [-0.05, 0) is 0 Å². The normalized spacial score (nSPS) is 13.5. The SMILES string of the molecule is CC(C)(C)c1cc([Se]c2cc(C(C)(C)C)cc(C(C)(C)C)c2O)c(O)c(C(C)(C)C)c1. The molecular weight excluding hydrogens is 447 g/mol. The van der Waals surface area contributed by atoms with Gasteiger partial charge in [0.15, 0.2) is 0 Å². The van der Waals surface area contributed by atoms with Crippen LogP contribution in [0, 0.1) is 0 Å². The van der Waals surface area contributed by atoms with Gasteiger partial charge < -0.3 is 0 Å². The molecule has 172 valence electrons. The third kappa shape index (κ3) is 5.87. The molecule has 2 rings (SSSR count). The summed E-state index contributed by atoms with van der Waals surface area (Å²) in [6, 6.07) is 8.59. The number of benzene rings is 2. The summed E-state index contributed by atoms with van der Waals surface area (Å²) in [5, 5.41) is 22.5. The standard InChI is InChI=1S/C28H42O2Se/c1-25(2,3)17-13-19(27(7,8)9)23(29)21(15-17)31-22-16-18(26(4,5)6)14-20(24(22)30)28(10,11)12/h13-16,29-30H,1-12H3. The molecule has 0 radical (unpaired) electrons. The summed E-state index contributed by atoms with van der Waals surface area (Å²) in [7, 11) is 0. The minimum absolute atomic E-state index is 0.0234. The maximum atomic E-state index is 11.3. The summed E-state index contributed by atoms with van der Waals surface area (Å²) < 4.78 is 1.87. The topological polar surface area (TPSA) is 40.5 Å². The predicted molar refractivity (Wildman–Crippen MR) is 136 cm³/mol. The van der Waals surface area contributed by atoms with E-state index in [9.17, 15) is 10.2 Å². The molecule has 0 aliphatic heterocycles. The molecule has 2 nitrogen and oxygen atoms in total. The molecule has 0 spiro atoms. The van der Waals surface area contributed by atoms with E-state index in [1.165, 1.54) is 11.1 Å². The fourth-order valence-electron chi connectivity index (χ4n) is 3.50. The summed E-state index contributed by atoms with van der Waals surface area (Å²) >= 11 is -0.226. The summed E-state index contributed by atoms with van der Waals surface area (Å²) in [6.45, 7) is 26.1. The van der Waals surface area contributed by atoms with Crippen LogP contribution in [0.1, 0.15) is 105 Å². The zero-order valence-electron chi connectivity index (χ0n) is 21.6. The Morgan fingerprint density at radius 1 is 0.484 bits per heavy atom. The van der Waals surface area contributed by atoms with Gasteiger partial charge in [0, 0.05) is 0 Å². The van der Waals surface area contributed by atoms with Gasteiger partial charge in [-0.2, -0.15) is 0 Å². The van der Waals surface area contributed by atoms with E-state index in [1.807, 2.05) is 0 Å². The van der Waals surface area contributed by atoms with Gasteiger partial charge >= 0.3 is 197 Å². The molecule has 0 aliphatic rings. The fourth-order valence-corrected chi connectivity index (χ4v) is 5.64. The van der Waals surface area contributed by atoms with E-state index in [2.05, 4.69) is 107 Å². The van der Waals surface area contributed by atoms with Gasteiger partial charge in [-0.25, -0.2) is 0 Å². The summed E-state index contributed by atoms with van der Waals surface area (Å²) in [5.41, 5.74) is 4.00. The van der Waals surface area contributed by atoms with Crippen LogP contribution in [-0.2, 0) is 21.7 Å². The van der Waals surface area contributed by atoms with Gasteiger partial charge in [-0.1, -0.05) is 0 Å². The minimum atomic E-state index is -0.226. The monoisotopic (exact) mass is 490 g/mol. The average molecular weight is 490 g/mol. The van der Waals surface area contributed by atoms with Gasteiger partial charge in [0.05, 0.1) is 0 Å². The quantitative estimate of drug-likeness (QED) is 0.513. The molecule has 0 aliphatic carbocycles. The van der Waals surface area contributed by atoms with Crippen molar-refractivity contribution in [3.63, 3.8) is 0 Å². The number of phenols is 2. The van der Waals surface area contributed by atoms with Crippen molar-refractivity contribution in [3.05, 3.63) is 46.5 Å². The van der Waals surface area contributed by atoms with E-state index in [4.69, 9.17) is 0 Å². The van der Waals surface area contributed by atoms with Crippen molar-refractivity contribution in [2.24, 2.45) is 0 Å². The second-order valence-corrected chi connectivity index (χ2v) is 15.1. The summed E-state index contributed by atoms with van der Waals surface area (Å²) in [4.78, 5) is 0. The molecule has 2 aromatic rings. The maximum absolute atomic E-state index is 11.3. The van der Waals surface area contributed by atoms with Crippen molar-refractivity contribution in [2.75, 3.05) is 0 Å². The zero-order valence-corrected chi connectivity index (χ0v) is 23.3. The molecule has 0 saturated carbocycles. The molecule has 0 aromatic heterocycles. The molecular formula is C28H42O2Se. The first-order valence-electron chi connectivity index (χ1n) is 11.2. The Hall–Kier alpha value is -1.44. The Labute approximate surface area is 196 Å². The molecule has 0 saturated heterocycles. The van der Waals surface area contributed by atoms with Crippen molar-refractivity contribution >= 4 is 23.9 Å². The molecule has 0 heterocycles. The average Bonchev–Trinajstić information content (AvgIpc) is 2.53. The molecule has 31 heavy (non-hydrogen) atoms. The second kappa shape index (κ2) is 8.16.